The average Bonchev–Trinajstić information content (AvgIpc) is 3.12. The number of ether oxygens (including phenoxy) is 2. The number of nitrogens with one attached hydrogen (secondary N) is 1. The number of hydrogen-bond donors (Lipinski definition) is 1. The molecule has 0 aromatic carbocycles. The molecule has 144 valence electrons. The van der Waals surface area contributed by atoms with Crippen molar-refractivity contribution in [1.82, 2.24) is 15.1 Å². The molecule has 1 N–H and O–H groups in total. The van der Waals surface area contributed by atoms with Gasteiger partial charge in [-0.3, -0.25) is 9.69 Å². The van der Waals surface area contributed by atoms with Gasteiger partial charge in [0, 0.05) is 32.2 Å². The molecule has 3 heterocycles. The second-order valence-corrected chi connectivity index (χ2v) is 6.62. The monoisotopic (exact) mass is 365 g/mol. The minimum atomic E-state index is -0.278. The van der Waals surface area contributed by atoms with E-state index in [1.165, 1.54) is 6.26 Å². The predicted molar refractivity (Wildman–Crippen MR) is 93.9 cm³/mol. The minimum Gasteiger partial charge on any atom is -0.467 e. The van der Waals surface area contributed by atoms with Crippen LogP contribution in [0.25, 0.3) is 0 Å². The Morgan fingerprint density at radius 2 is 1.96 bits per heavy atom. The zero-order valence-corrected chi connectivity index (χ0v) is 15.2. The summed E-state index contributed by atoms with van der Waals surface area (Å²) in [6.45, 7) is 7.27. The van der Waals surface area contributed by atoms with Gasteiger partial charge in [-0.1, -0.05) is 0 Å². The van der Waals surface area contributed by atoms with Crippen molar-refractivity contribution >= 4 is 12.0 Å². The highest BCUT2D eigenvalue weighted by Crippen LogP contribution is 2.15. The summed E-state index contributed by atoms with van der Waals surface area (Å²) in [5.74, 6) is 0.658. The summed E-state index contributed by atoms with van der Waals surface area (Å²) in [6, 6.07) is 1.87. The van der Waals surface area contributed by atoms with Crippen LogP contribution in [0, 0.1) is 0 Å². The van der Waals surface area contributed by atoms with E-state index in [2.05, 4.69) is 10.2 Å². The summed E-state index contributed by atoms with van der Waals surface area (Å²) in [6.07, 6.45) is 2.69. The molecule has 0 bridgehead atoms. The van der Waals surface area contributed by atoms with Crippen molar-refractivity contribution in [2.75, 3.05) is 46.0 Å². The van der Waals surface area contributed by atoms with Gasteiger partial charge in [-0.25, -0.2) is 4.79 Å². The fourth-order valence-corrected chi connectivity index (χ4v) is 3.25. The lowest BCUT2D eigenvalue weighted by Crippen LogP contribution is -2.46. The van der Waals surface area contributed by atoms with Crippen LogP contribution in [0.4, 0.5) is 4.79 Å². The second kappa shape index (κ2) is 9.05. The molecule has 2 saturated heterocycles. The van der Waals surface area contributed by atoms with E-state index >= 15 is 0 Å². The summed E-state index contributed by atoms with van der Waals surface area (Å²) >= 11 is 0. The maximum Gasteiger partial charge on any atom is 0.409 e. The van der Waals surface area contributed by atoms with E-state index in [1.807, 2.05) is 0 Å². The lowest BCUT2D eigenvalue weighted by Gasteiger charge is -2.31. The SMILES string of the molecule is CCOC(=O)N1CCC(NC(=O)c2coc(CN3CCOCC3)c2)CC1. The number of morpholine rings is 1. The first-order chi connectivity index (χ1) is 12.7. The van der Waals surface area contributed by atoms with Crippen LogP contribution >= 0.6 is 0 Å². The van der Waals surface area contributed by atoms with E-state index in [4.69, 9.17) is 13.9 Å². The van der Waals surface area contributed by atoms with Crippen molar-refractivity contribution in [2.45, 2.75) is 32.4 Å². The van der Waals surface area contributed by atoms with Gasteiger partial charge >= 0.3 is 6.09 Å². The van der Waals surface area contributed by atoms with Crippen molar-refractivity contribution in [3.63, 3.8) is 0 Å². The minimum absolute atomic E-state index is 0.0609. The van der Waals surface area contributed by atoms with E-state index in [1.54, 1.807) is 17.9 Å². The van der Waals surface area contributed by atoms with Crippen molar-refractivity contribution < 1.29 is 23.5 Å². The molecule has 1 aromatic heterocycles. The normalized spacial score (nSPS) is 19.3. The topological polar surface area (TPSA) is 84.2 Å². The van der Waals surface area contributed by atoms with Gasteiger partial charge in [-0.15, -0.1) is 0 Å². The standard InChI is InChI=1S/C18H27N3O5/c1-2-25-18(23)21-5-3-15(4-6-21)19-17(22)14-11-16(26-13-14)12-20-7-9-24-10-8-20/h11,13,15H,2-10,12H2,1H3,(H,19,22). The Balaban J connectivity index is 1.44. The van der Waals surface area contributed by atoms with E-state index in [9.17, 15) is 9.59 Å². The Morgan fingerprint density at radius 3 is 2.65 bits per heavy atom. The fourth-order valence-electron chi connectivity index (χ4n) is 3.25. The van der Waals surface area contributed by atoms with Crippen LogP contribution in [0.1, 0.15) is 35.9 Å². The molecule has 8 nitrogen and oxygen atoms in total. The molecule has 2 aliphatic heterocycles. The van der Waals surface area contributed by atoms with E-state index in [0.29, 0.717) is 31.8 Å². The van der Waals surface area contributed by atoms with Crippen LogP contribution in [0.3, 0.4) is 0 Å². The highest BCUT2D eigenvalue weighted by atomic mass is 16.6. The van der Waals surface area contributed by atoms with Crippen molar-refractivity contribution in [3.8, 4) is 0 Å². The quantitative estimate of drug-likeness (QED) is 0.851. The number of hydrogen-bond acceptors (Lipinski definition) is 6. The lowest BCUT2D eigenvalue weighted by molar-refractivity contribution is 0.0313. The molecule has 0 unspecified atom stereocenters. The molecule has 2 aliphatic rings. The van der Waals surface area contributed by atoms with Gasteiger partial charge in [0.25, 0.3) is 5.91 Å². The molecule has 0 radical (unpaired) electrons. The number of furan rings is 1. The van der Waals surface area contributed by atoms with Crippen LogP contribution in [-0.2, 0) is 16.0 Å². The van der Waals surface area contributed by atoms with Crippen LogP contribution in [-0.4, -0.2) is 73.8 Å². The number of likely N-dealkylation sites (tertiary alicyclic amines) is 1. The number of amides is 2. The molecule has 0 spiro atoms. The van der Waals surface area contributed by atoms with Crippen LogP contribution in [0.5, 0.6) is 0 Å². The molecular weight excluding hydrogens is 338 g/mol. The Morgan fingerprint density at radius 1 is 1.23 bits per heavy atom. The summed E-state index contributed by atoms with van der Waals surface area (Å²) in [7, 11) is 0. The first kappa shape index (κ1) is 18.7. The molecule has 0 saturated carbocycles. The summed E-state index contributed by atoms with van der Waals surface area (Å²) in [4.78, 5) is 28.1. The molecule has 1 aromatic rings. The number of piperidine rings is 1. The Bertz CT molecular complexity index is 604. The molecule has 2 fully saturated rings. The third kappa shape index (κ3) is 4.98. The van der Waals surface area contributed by atoms with E-state index < -0.39 is 0 Å². The van der Waals surface area contributed by atoms with Crippen molar-refractivity contribution in [1.29, 1.82) is 0 Å². The van der Waals surface area contributed by atoms with Crippen LogP contribution in [0.2, 0.25) is 0 Å². The van der Waals surface area contributed by atoms with Crippen molar-refractivity contribution in [3.05, 3.63) is 23.7 Å². The first-order valence-electron chi connectivity index (χ1n) is 9.25. The highest BCUT2D eigenvalue weighted by Gasteiger charge is 2.25. The second-order valence-electron chi connectivity index (χ2n) is 6.62. The predicted octanol–water partition coefficient (Wildman–Crippen LogP) is 1.46. The molecule has 0 atom stereocenters. The summed E-state index contributed by atoms with van der Waals surface area (Å²) < 4.78 is 15.9. The maximum absolute atomic E-state index is 12.4. The third-order valence-electron chi connectivity index (χ3n) is 4.76. The maximum atomic E-state index is 12.4. The molecule has 0 aliphatic carbocycles. The van der Waals surface area contributed by atoms with Gasteiger partial charge in [-0.05, 0) is 25.8 Å². The highest BCUT2D eigenvalue weighted by molar-refractivity contribution is 5.94. The van der Waals surface area contributed by atoms with Crippen molar-refractivity contribution in [2.24, 2.45) is 0 Å². The van der Waals surface area contributed by atoms with E-state index in [-0.39, 0.29) is 18.0 Å². The zero-order chi connectivity index (χ0) is 18.4. The van der Waals surface area contributed by atoms with Crippen LogP contribution in [0.15, 0.2) is 16.7 Å². The number of rotatable bonds is 5. The average molecular weight is 365 g/mol. The van der Waals surface area contributed by atoms with Gasteiger partial charge < -0.3 is 24.1 Å². The zero-order valence-electron chi connectivity index (χ0n) is 15.2. The fraction of sp³-hybridized carbons (Fsp3) is 0.667. The Kier molecular flexibility index (Phi) is 6.51. The smallest absolute Gasteiger partial charge is 0.409 e. The molecule has 26 heavy (non-hydrogen) atoms. The van der Waals surface area contributed by atoms with E-state index in [0.717, 1.165) is 44.9 Å². The third-order valence-corrected chi connectivity index (χ3v) is 4.76. The van der Waals surface area contributed by atoms with Gasteiger partial charge in [-0.2, -0.15) is 0 Å². The largest absolute Gasteiger partial charge is 0.467 e. The Hall–Kier alpha value is -2.06. The molecule has 3 rings (SSSR count). The summed E-state index contributed by atoms with van der Waals surface area (Å²) in [5, 5.41) is 3.03. The molecule has 2 amide bonds. The number of carbonyl (C=O) groups is 2. The number of nitrogens with zero attached hydrogens (tertiary/aromatic N) is 2. The Labute approximate surface area is 153 Å². The van der Waals surface area contributed by atoms with Gasteiger partial charge in [0.15, 0.2) is 0 Å². The van der Waals surface area contributed by atoms with Gasteiger partial charge in [0.1, 0.15) is 12.0 Å². The van der Waals surface area contributed by atoms with Crippen LogP contribution < -0.4 is 5.32 Å². The van der Waals surface area contributed by atoms with Gasteiger partial charge in [0.2, 0.25) is 0 Å². The molecule has 8 heteroatoms. The lowest BCUT2D eigenvalue weighted by atomic mass is 10.1. The summed E-state index contributed by atoms with van der Waals surface area (Å²) in [5.41, 5.74) is 0.543. The first-order valence-corrected chi connectivity index (χ1v) is 9.25. The van der Waals surface area contributed by atoms with Gasteiger partial charge in [0.05, 0.1) is 31.9 Å². The number of carbonyl (C=O) groups excluding carboxylic acids is 2. The molecular formula is C18H27N3O5.